The molecular formula is C31H34FN3O3. The molecule has 1 fully saturated rings. The zero-order chi connectivity index (χ0) is 26.3. The van der Waals surface area contributed by atoms with Gasteiger partial charge in [-0.05, 0) is 49.1 Å². The van der Waals surface area contributed by atoms with Gasteiger partial charge in [-0.15, -0.1) is 0 Å². The van der Waals surface area contributed by atoms with E-state index in [0.717, 1.165) is 35.3 Å². The number of aryl methyl sites for hydroxylation is 1. The van der Waals surface area contributed by atoms with Crippen LogP contribution in [-0.4, -0.2) is 45.1 Å². The molecule has 1 saturated carbocycles. The highest BCUT2D eigenvalue weighted by atomic mass is 19.1. The van der Waals surface area contributed by atoms with Crippen LogP contribution in [0.1, 0.15) is 36.6 Å². The highest BCUT2D eigenvalue weighted by molar-refractivity contribution is 5.44. The maximum absolute atomic E-state index is 14.6. The molecule has 0 aliphatic heterocycles. The van der Waals surface area contributed by atoms with E-state index in [4.69, 9.17) is 14.6 Å². The summed E-state index contributed by atoms with van der Waals surface area (Å²) in [7, 11) is 0. The first-order valence-corrected chi connectivity index (χ1v) is 13.2. The molecule has 1 aromatic heterocycles. The molecule has 5 rings (SSSR count). The summed E-state index contributed by atoms with van der Waals surface area (Å²) in [6.07, 6.45) is 2.22. The number of nitrogens with zero attached hydrogens (tertiary/aromatic N) is 3. The Kier molecular flexibility index (Phi) is 8.48. The lowest BCUT2D eigenvalue weighted by Gasteiger charge is -2.25. The molecule has 0 bridgehead atoms. The van der Waals surface area contributed by atoms with E-state index < -0.39 is 11.9 Å². The third-order valence-electron chi connectivity index (χ3n) is 6.69. The van der Waals surface area contributed by atoms with E-state index in [9.17, 15) is 9.50 Å². The van der Waals surface area contributed by atoms with Gasteiger partial charge in [0.2, 0.25) is 5.88 Å². The molecule has 3 aromatic carbocycles. The number of para-hydroxylation sites is 2. The van der Waals surface area contributed by atoms with Gasteiger partial charge in [-0.3, -0.25) is 4.90 Å². The third-order valence-corrected chi connectivity index (χ3v) is 6.69. The van der Waals surface area contributed by atoms with E-state index in [1.54, 1.807) is 22.9 Å². The SMILES string of the molecule is CCc1nn(-c2ccccc2)c(Oc2ccccc2F)c1CN(CC(O)COCc1ccccc1)C1CC1. The van der Waals surface area contributed by atoms with Crippen molar-refractivity contribution in [1.29, 1.82) is 0 Å². The molecule has 1 N–H and O–H groups in total. The fourth-order valence-corrected chi connectivity index (χ4v) is 4.60. The molecule has 0 saturated heterocycles. The van der Waals surface area contributed by atoms with Crippen LogP contribution in [0.15, 0.2) is 84.9 Å². The summed E-state index contributed by atoms with van der Waals surface area (Å²) >= 11 is 0. The molecule has 1 atom stereocenters. The van der Waals surface area contributed by atoms with Crippen molar-refractivity contribution in [3.8, 4) is 17.3 Å². The van der Waals surface area contributed by atoms with Gasteiger partial charge in [-0.2, -0.15) is 5.10 Å². The fraction of sp³-hybridized carbons (Fsp3) is 0.323. The minimum absolute atomic E-state index is 0.154. The van der Waals surface area contributed by atoms with Gasteiger partial charge in [-0.25, -0.2) is 9.07 Å². The van der Waals surface area contributed by atoms with E-state index in [0.29, 0.717) is 38.0 Å². The molecule has 0 spiro atoms. The van der Waals surface area contributed by atoms with Crippen LogP contribution in [0.2, 0.25) is 0 Å². The van der Waals surface area contributed by atoms with Crippen LogP contribution >= 0.6 is 0 Å². The van der Waals surface area contributed by atoms with Crippen molar-refractivity contribution in [3.63, 3.8) is 0 Å². The van der Waals surface area contributed by atoms with E-state index >= 15 is 0 Å². The summed E-state index contributed by atoms with van der Waals surface area (Å²) in [5.74, 6) is 0.224. The standard InChI is InChI=1S/C31H34FN3O3/c1-2-29-27(20-34(24-17-18-24)19-26(36)22-37-21-23-11-5-3-6-12-23)31(38-30-16-10-9-15-28(30)32)35(33-29)25-13-7-4-8-14-25/h3-16,24,26,36H,2,17-22H2,1H3. The largest absolute Gasteiger partial charge is 0.435 e. The van der Waals surface area contributed by atoms with Crippen molar-refractivity contribution < 1.29 is 19.0 Å². The number of aliphatic hydroxyl groups excluding tert-OH is 1. The number of aromatic nitrogens is 2. The quantitative estimate of drug-likeness (QED) is 0.240. The van der Waals surface area contributed by atoms with Crippen molar-refractivity contribution in [2.24, 2.45) is 0 Å². The second-order valence-electron chi connectivity index (χ2n) is 9.68. The number of aliphatic hydroxyl groups is 1. The lowest BCUT2D eigenvalue weighted by Crippen LogP contribution is -2.36. The molecule has 1 aliphatic carbocycles. The highest BCUT2D eigenvalue weighted by Crippen LogP contribution is 2.36. The van der Waals surface area contributed by atoms with Gasteiger partial charge < -0.3 is 14.6 Å². The van der Waals surface area contributed by atoms with Gasteiger partial charge in [-0.1, -0.05) is 67.6 Å². The van der Waals surface area contributed by atoms with Crippen molar-refractivity contribution in [2.75, 3.05) is 13.2 Å². The van der Waals surface area contributed by atoms with Crippen LogP contribution in [0, 0.1) is 5.82 Å². The zero-order valence-corrected chi connectivity index (χ0v) is 21.7. The Labute approximate surface area is 223 Å². The molecule has 0 amide bonds. The summed E-state index contributed by atoms with van der Waals surface area (Å²) < 4.78 is 28.4. The van der Waals surface area contributed by atoms with Crippen LogP contribution in [0.5, 0.6) is 11.6 Å². The van der Waals surface area contributed by atoms with E-state index in [2.05, 4.69) is 11.8 Å². The average Bonchev–Trinajstić information content (AvgIpc) is 3.74. The average molecular weight is 516 g/mol. The fourth-order valence-electron chi connectivity index (χ4n) is 4.60. The molecule has 1 unspecified atom stereocenters. The van der Waals surface area contributed by atoms with Crippen LogP contribution < -0.4 is 4.74 Å². The molecule has 1 heterocycles. The van der Waals surface area contributed by atoms with Crippen molar-refractivity contribution >= 4 is 0 Å². The van der Waals surface area contributed by atoms with Gasteiger partial charge in [0.1, 0.15) is 0 Å². The van der Waals surface area contributed by atoms with Gasteiger partial charge in [0.15, 0.2) is 11.6 Å². The van der Waals surface area contributed by atoms with Gasteiger partial charge >= 0.3 is 0 Å². The maximum Gasteiger partial charge on any atom is 0.227 e. The van der Waals surface area contributed by atoms with Crippen molar-refractivity contribution in [3.05, 3.63) is 108 Å². The number of halogens is 1. The van der Waals surface area contributed by atoms with E-state index in [-0.39, 0.29) is 12.4 Å². The topological polar surface area (TPSA) is 59.8 Å². The highest BCUT2D eigenvalue weighted by Gasteiger charge is 2.33. The summed E-state index contributed by atoms with van der Waals surface area (Å²) in [4.78, 5) is 2.27. The van der Waals surface area contributed by atoms with E-state index in [1.807, 2.05) is 60.7 Å². The van der Waals surface area contributed by atoms with Crippen LogP contribution in [0.25, 0.3) is 5.69 Å². The Morgan fingerprint density at radius 2 is 1.68 bits per heavy atom. The third kappa shape index (κ3) is 6.48. The molecule has 7 heteroatoms. The number of hydrogen-bond acceptors (Lipinski definition) is 5. The second-order valence-corrected chi connectivity index (χ2v) is 9.68. The lowest BCUT2D eigenvalue weighted by molar-refractivity contribution is 0.00692. The summed E-state index contributed by atoms with van der Waals surface area (Å²) in [6, 6.07) is 26.5. The van der Waals surface area contributed by atoms with Crippen LogP contribution in [-0.2, 0) is 24.3 Å². The summed E-state index contributed by atoms with van der Waals surface area (Å²) in [5, 5.41) is 15.7. The lowest BCUT2D eigenvalue weighted by atomic mass is 10.1. The summed E-state index contributed by atoms with van der Waals surface area (Å²) in [5.41, 5.74) is 3.71. The molecule has 4 aromatic rings. The number of hydrogen-bond donors (Lipinski definition) is 1. The monoisotopic (exact) mass is 515 g/mol. The molecule has 6 nitrogen and oxygen atoms in total. The molecule has 38 heavy (non-hydrogen) atoms. The number of ether oxygens (including phenoxy) is 2. The summed E-state index contributed by atoms with van der Waals surface area (Å²) in [6.45, 7) is 3.78. The van der Waals surface area contributed by atoms with Gasteiger partial charge in [0, 0.05) is 19.1 Å². The van der Waals surface area contributed by atoms with Gasteiger partial charge in [0.05, 0.1) is 36.3 Å². The Balaban J connectivity index is 1.38. The Morgan fingerprint density at radius 1 is 1.00 bits per heavy atom. The zero-order valence-electron chi connectivity index (χ0n) is 21.7. The predicted octanol–water partition coefficient (Wildman–Crippen LogP) is 5.91. The number of rotatable bonds is 13. The van der Waals surface area contributed by atoms with E-state index in [1.165, 1.54) is 6.07 Å². The van der Waals surface area contributed by atoms with Crippen LogP contribution in [0.4, 0.5) is 4.39 Å². The Hall–Kier alpha value is -3.52. The minimum Gasteiger partial charge on any atom is -0.435 e. The second kappa shape index (κ2) is 12.3. The smallest absolute Gasteiger partial charge is 0.227 e. The first-order valence-electron chi connectivity index (χ1n) is 13.2. The van der Waals surface area contributed by atoms with Gasteiger partial charge in [0.25, 0.3) is 0 Å². The predicted molar refractivity (Wildman–Crippen MR) is 145 cm³/mol. The van der Waals surface area contributed by atoms with Crippen molar-refractivity contribution in [2.45, 2.75) is 51.5 Å². The Morgan fingerprint density at radius 3 is 2.37 bits per heavy atom. The normalized spacial score (nSPS) is 14.1. The molecule has 198 valence electrons. The Bertz CT molecular complexity index is 1310. The molecular weight excluding hydrogens is 481 g/mol. The molecule has 1 aliphatic rings. The first kappa shape index (κ1) is 26.1. The minimum atomic E-state index is -0.635. The first-order chi connectivity index (χ1) is 18.6. The maximum atomic E-state index is 14.6. The molecule has 0 radical (unpaired) electrons. The number of benzene rings is 3. The van der Waals surface area contributed by atoms with Crippen LogP contribution in [0.3, 0.4) is 0 Å². The van der Waals surface area contributed by atoms with Crippen molar-refractivity contribution in [1.82, 2.24) is 14.7 Å².